The molecule has 40 heavy (non-hydrogen) atoms. The number of benzene rings is 2. The first-order chi connectivity index (χ1) is 19.0. The Morgan fingerprint density at radius 3 is 2.60 bits per heavy atom. The summed E-state index contributed by atoms with van der Waals surface area (Å²) >= 11 is 0. The Bertz CT molecular complexity index is 1230. The van der Waals surface area contributed by atoms with Crippen molar-refractivity contribution < 1.29 is 19.4 Å². The number of aliphatic hydroxyl groups is 1. The Hall–Kier alpha value is -2.65. The fourth-order valence-corrected chi connectivity index (χ4v) is 6.85. The molecule has 2 aromatic carbocycles. The van der Waals surface area contributed by atoms with Gasteiger partial charge in [-0.15, -0.1) is 12.4 Å². The summed E-state index contributed by atoms with van der Waals surface area (Å²) in [7, 11) is 0. The molecule has 0 aliphatic carbocycles. The van der Waals surface area contributed by atoms with Crippen molar-refractivity contribution in [3.8, 4) is 0 Å². The minimum atomic E-state index is -0.674. The Morgan fingerprint density at radius 1 is 1.07 bits per heavy atom. The van der Waals surface area contributed by atoms with E-state index in [1.165, 1.54) is 11.1 Å². The average molecular weight is 569 g/mol. The van der Waals surface area contributed by atoms with Crippen molar-refractivity contribution in [2.45, 2.75) is 51.3 Å². The molecule has 2 aromatic rings. The summed E-state index contributed by atoms with van der Waals surface area (Å²) in [6.07, 6.45) is 3.14. The maximum absolute atomic E-state index is 13.7. The molecule has 2 saturated heterocycles. The zero-order valence-electron chi connectivity index (χ0n) is 23.3. The number of likely N-dealkylation sites (N-methyl/N-ethyl adjacent to an activating group) is 1. The Morgan fingerprint density at radius 2 is 1.82 bits per heavy atom. The van der Waals surface area contributed by atoms with Gasteiger partial charge in [0.05, 0.1) is 17.4 Å². The molecule has 0 saturated carbocycles. The van der Waals surface area contributed by atoms with Crippen LogP contribution in [-0.2, 0) is 17.7 Å². The topological polar surface area (TPSA) is 85.3 Å². The molecular weight excluding hydrogens is 528 g/mol. The molecule has 2 N–H and O–H groups in total. The molecule has 0 bridgehead atoms. The van der Waals surface area contributed by atoms with E-state index in [1.54, 1.807) is 11.0 Å². The van der Waals surface area contributed by atoms with E-state index in [2.05, 4.69) is 29.3 Å². The van der Waals surface area contributed by atoms with E-state index in [0.717, 1.165) is 70.8 Å². The molecule has 216 valence electrons. The number of ether oxygens (including phenoxy) is 1. The van der Waals surface area contributed by atoms with Gasteiger partial charge in [0, 0.05) is 70.6 Å². The van der Waals surface area contributed by atoms with Gasteiger partial charge in [-0.25, -0.2) is 0 Å². The summed E-state index contributed by atoms with van der Waals surface area (Å²) in [5.74, 6) is -0.0395. The van der Waals surface area contributed by atoms with Gasteiger partial charge < -0.3 is 29.9 Å². The number of likely N-dealkylation sites (tertiary alicyclic amines) is 1. The molecule has 0 radical (unpaired) electrons. The van der Waals surface area contributed by atoms with E-state index in [9.17, 15) is 14.7 Å². The smallest absolute Gasteiger partial charge is 0.256 e. The van der Waals surface area contributed by atoms with Crippen LogP contribution >= 0.6 is 12.4 Å². The highest BCUT2D eigenvalue weighted by Gasteiger charge is 2.41. The van der Waals surface area contributed by atoms with E-state index in [4.69, 9.17) is 4.74 Å². The molecule has 8 nitrogen and oxygen atoms in total. The van der Waals surface area contributed by atoms with Crippen LogP contribution in [0.1, 0.15) is 58.0 Å². The lowest BCUT2D eigenvalue weighted by atomic mass is 9.80. The predicted molar refractivity (Wildman–Crippen MR) is 157 cm³/mol. The standard InChI is InChI=1S/C31H40N4O4.ClH/c1-2-33-13-14-34(20-28(36)26-17-22-5-3-4-6-24(22)19-32-26)30(38)25-8-7-23(18-27(25)33)29(37)35-12-9-31(21-35)10-15-39-16-11-31;/h3-8,18,26,28,32,36H,2,9-17,19-21H2,1H3;1H. The second kappa shape index (κ2) is 12.1. The number of carbonyl (C=O) groups is 2. The molecule has 9 heteroatoms. The van der Waals surface area contributed by atoms with Gasteiger partial charge in [-0.1, -0.05) is 24.3 Å². The zero-order valence-corrected chi connectivity index (χ0v) is 24.1. The third kappa shape index (κ3) is 5.59. The van der Waals surface area contributed by atoms with Gasteiger partial charge in [0.2, 0.25) is 0 Å². The van der Waals surface area contributed by atoms with Gasteiger partial charge in [-0.3, -0.25) is 9.59 Å². The lowest BCUT2D eigenvalue weighted by Gasteiger charge is -2.33. The lowest BCUT2D eigenvalue weighted by Crippen LogP contribution is -2.50. The summed E-state index contributed by atoms with van der Waals surface area (Å²) in [5.41, 5.74) is 4.77. The van der Waals surface area contributed by atoms with Crippen LogP contribution in [0, 0.1) is 5.41 Å². The van der Waals surface area contributed by atoms with Gasteiger partial charge >= 0.3 is 0 Å². The van der Waals surface area contributed by atoms with Crippen LogP contribution in [0.15, 0.2) is 42.5 Å². The molecule has 2 unspecified atom stereocenters. The van der Waals surface area contributed by atoms with Gasteiger partial charge in [0.1, 0.15) is 0 Å². The van der Waals surface area contributed by atoms with Crippen molar-refractivity contribution in [3.05, 3.63) is 64.7 Å². The van der Waals surface area contributed by atoms with Crippen molar-refractivity contribution in [2.75, 3.05) is 57.4 Å². The first-order valence-electron chi connectivity index (χ1n) is 14.5. The van der Waals surface area contributed by atoms with Crippen LogP contribution in [0.4, 0.5) is 5.69 Å². The summed E-state index contributed by atoms with van der Waals surface area (Å²) in [4.78, 5) is 33.2. The fraction of sp³-hybridized carbons (Fsp3) is 0.548. The molecule has 2 amide bonds. The summed E-state index contributed by atoms with van der Waals surface area (Å²) in [6.45, 7) is 8.12. The highest BCUT2D eigenvalue weighted by Crippen LogP contribution is 2.40. The minimum Gasteiger partial charge on any atom is -0.390 e. The highest BCUT2D eigenvalue weighted by atomic mass is 35.5. The van der Waals surface area contributed by atoms with Gasteiger partial charge in [-0.2, -0.15) is 0 Å². The van der Waals surface area contributed by atoms with Crippen LogP contribution in [0.5, 0.6) is 0 Å². The maximum Gasteiger partial charge on any atom is 0.256 e. The van der Waals surface area contributed by atoms with Crippen molar-refractivity contribution >= 4 is 29.9 Å². The number of β-amino-alcohol motifs (C(OH)–C–C–N with tert-alkyl or cyclic N) is 1. The van der Waals surface area contributed by atoms with Gasteiger partial charge in [0.15, 0.2) is 0 Å². The number of anilines is 1. The molecule has 4 aliphatic heterocycles. The lowest BCUT2D eigenvalue weighted by molar-refractivity contribution is 0.0191. The van der Waals surface area contributed by atoms with Gasteiger partial charge in [0.25, 0.3) is 11.8 Å². The third-order valence-corrected chi connectivity index (χ3v) is 9.39. The van der Waals surface area contributed by atoms with E-state index >= 15 is 0 Å². The summed E-state index contributed by atoms with van der Waals surface area (Å²) in [6, 6.07) is 13.7. The fourth-order valence-electron chi connectivity index (χ4n) is 6.85. The molecular formula is C31H41ClN4O4. The number of nitrogens with zero attached hydrogens (tertiary/aromatic N) is 3. The summed E-state index contributed by atoms with van der Waals surface area (Å²) in [5, 5.41) is 14.6. The molecule has 0 aromatic heterocycles. The quantitative estimate of drug-likeness (QED) is 0.577. The number of nitrogens with one attached hydrogen (secondary N) is 1. The molecule has 1 spiro atoms. The average Bonchev–Trinajstić information content (AvgIpc) is 3.32. The Labute approximate surface area is 243 Å². The van der Waals surface area contributed by atoms with Crippen LogP contribution < -0.4 is 10.2 Å². The number of hydrogen-bond donors (Lipinski definition) is 2. The van der Waals surface area contributed by atoms with E-state index in [0.29, 0.717) is 24.2 Å². The van der Waals surface area contributed by atoms with Crippen molar-refractivity contribution in [3.63, 3.8) is 0 Å². The number of fused-ring (bicyclic) bond motifs is 2. The molecule has 2 atom stereocenters. The second-order valence-corrected chi connectivity index (χ2v) is 11.7. The Balaban J connectivity index is 0.00000323. The molecule has 2 fully saturated rings. The number of aliphatic hydroxyl groups excluding tert-OH is 1. The van der Waals surface area contributed by atoms with Crippen LogP contribution in [0.25, 0.3) is 0 Å². The van der Waals surface area contributed by atoms with E-state index in [1.807, 2.05) is 29.2 Å². The number of hydrogen-bond acceptors (Lipinski definition) is 6. The zero-order chi connectivity index (χ0) is 27.0. The number of carbonyl (C=O) groups excluding carboxylic acids is 2. The Kier molecular flexibility index (Phi) is 8.71. The molecule has 4 aliphatic rings. The van der Waals surface area contributed by atoms with E-state index in [-0.39, 0.29) is 42.2 Å². The predicted octanol–water partition coefficient (Wildman–Crippen LogP) is 3.11. The monoisotopic (exact) mass is 568 g/mol. The summed E-state index contributed by atoms with van der Waals surface area (Å²) < 4.78 is 5.56. The number of amides is 2. The SMILES string of the molecule is CCN1CCN(CC(O)C2Cc3ccccc3CN2)C(=O)c2ccc(C(=O)N3CCC4(CCOCC4)C3)cc21.Cl. The van der Waals surface area contributed by atoms with Crippen LogP contribution in [0.3, 0.4) is 0 Å². The molecule has 4 heterocycles. The number of halogens is 1. The first-order valence-corrected chi connectivity index (χ1v) is 14.5. The molecule has 6 rings (SSSR count). The van der Waals surface area contributed by atoms with Gasteiger partial charge in [-0.05, 0) is 67.3 Å². The minimum absolute atomic E-state index is 0. The number of rotatable bonds is 5. The largest absolute Gasteiger partial charge is 0.390 e. The maximum atomic E-state index is 13.7. The second-order valence-electron chi connectivity index (χ2n) is 11.7. The first kappa shape index (κ1) is 28.9. The van der Waals surface area contributed by atoms with Crippen molar-refractivity contribution in [2.24, 2.45) is 5.41 Å². The third-order valence-electron chi connectivity index (χ3n) is 9.39. The van der Waals surface area contributed by atoms with Crippen molar-refractivity contribution in [1.29, 1.82) is 0 Å². The van der Waals surface area contributed by atoms with Crippen molar-refractivity contribution in [1.82, 2.24) is 15.1 Å². The normalized spacial score (nSPS) is 22.8. The van der Waals surface area contributed by atoms with Crippen LogP contribution in [-0.4, -0.2) is 91.3 Å². The highest BCUT2D eigenvalue weighted by molar-refractivity contribution is 6.03. The van der Waals surface area contributed by atoms with E-state index < -0.39 is 6.10 Å². The van der Waals surface area contributed by atoms with Crippen LogP contribution in [0.2, 0.25) is 0 Å².